The number of H-pyrrole nitrogens is 1. The molecule has 5 nitrogen and oxygen atoms in total. The Morgan fingerprint density at radius 3 is 2.80 bits per heavy atom. The summed E-state index contributed by atoms with van der Waals surface area (Å²) in [6.07, 6.45) is 2.10. The van der Waals surface area contributed by atoms with Gasteiger partial charge in [-0.15, -0.1) is 0 Å². The van der Waals surface area contributed by atoms with Crippen molar-refractivity contribution in [3.63, 3.8) is 0 Å². The van der Waals surface area contributed by atoms with Crippen LogP contribution in [-0.2, 0) is 4.79 Å². The Hall–Kier alpha value is -2.21. The van der Waals surface area contributed by atoms with E-state index in [4.69, 9.17) is 5.73 Å². The van der Waals surface area contributed by atoms with Gasteiger partial charge in [-0.3, -0.25) is 14.8 Å². The zero-order valence-electron chi connectivity index (χ0n) is 10.8. The molecule has 2 aromatic rings. The first-order valence-electron chi connectivity index (χ1n) is 6.48. The molecule has 6 heteroatoms. The SMILES string of the molecule is NCC1CC(=O)N(c2[nH]ncc2-c2ccc(F)cc2)C1. The molecule has 1 atom stereocenters. The number of nitrogens with two attached hydrogens (primary N) is 1. The Morgan fingerprint density at radius 2 is 2.15 bits per heavy atom. The molecule has 1 aliphatic heterocycles. The summed E-state index contributed by atoms with van der Waals surface area (Å²) in [5.41, 5.74) is 7.24. The first-order chi connectivity index (χ1) is 9.69. The van der Waals surface area contributed by atoms with E-state index in [2.05, 4.69) is 10.2 Å². The van der Waals surface area contributed by atoms with Crippen LogP contribution in [0.3, 0.4) is 0 Å². The molecule has 3 N–H and O–H groups in total. The second kappa shape index (κ2) is 5.05. The van der Waals surface area contributed by atoms with Crippen LogP contribution in [0.1, 0.15) is 6.42 Å². The quantitative estimate of drug-likeness (QED) is 0.891. The van der Waals surface area contributed by atoms with Gasteiger partial charge >= 0.3 is 0 Å². The Balaban J connectivity index is 1.94. The monoisotopic (exact) mass is 274 g/mol. The molecule has 1 aliphatic rings. The molecular formula is C14H15FN4O. The van der Waals surface area contributed by atoms with Crippen molar-refractivity contribution in [2.75, 3.05) is 18.0 Å². The Bertz CT molecular complexity index is 622. The number of nitrogens with zero attached hydrogens (tertiary/aromatic N) is 2. The Morgan fingerprint density at radius 1 is 1.40 bits per heavy atom. The van der Waals surface area contributed by atoms with Crippen LogP contribution < -0.4 is 10.6 Å². The predicted octanol–water partition coefficient (Wildman–Crippen LogP) is 1.53. The standard InChI is InChI=1S/C14H15FN4O/c15-11-3-1-10(2-4-11)12-7-17-18-14(12)19-8-9(6-16)5-13(19)20/h1-4,7,9H,5-6,8,16H2,(H,17,18). The van der Waals surface area contributed by atoms with Gasteiger partial charge < -0.3 is 5.73 Å². The van der Waals surface area contributed by atoms with E-state index >= 15 is 0 Å². The average Bonchev–Trinajstić information content (AvgIpc) is 3.05. The summed E-state index contributed by atoms with van der Waals surface area (Å²) in [5.74, 6) is 0.566. The third-order valence-electron chi connectivity index (χ3n) is 3.58. The van der Waals surface area contributed by atoms with Gasteiger partial charge in [0.05, 0.1) is 6.20 Å². The van der Waals surface area contributed by atoms with Crippen molar-refractivity contribution >= 4 is 11.7 Å². The van der Waals surface area contributed by atoms with Gasteiger partial charge in [0, 0.05) is 18.5 Å². The summed E-state index contributed by atoms with van der Waals surface area (Å²) in [7, 11) is 0. The normalized spacial score (nSPS) is 18.8. The largest absolute Gasteiger partial charge is 0.330 e. The molecule has 0 spiro atoms. The number of aromatic nitrogens is 2. The van der Waals surface area contributed by atoms with E-state index in [-0.39, 0.29) is 17.6 Å². The van der Waals surface area contributed by atoms with Crippen LogP contribution in [-0.4, -0.2) is 29.2 Å². The molecule has 20 heavy (non-hydrogen) atoms. The number of halogens is 1. The van der Waals surface area contributed by atoms with E-state index in [0.29, 0.717) is 25.3 Å². The summed E-state index contributed by atoms with van der Waals surface area (Å²) in [6, 6.07) is 6.12. The fourth-order valence-corrected chi connectivity index (χ4v) is 2.48. The van der Waals surface area contributed by atoms with Crippen molar-refractivity contribution in [1.29, 1.82) is 0 Å². The minimum atomic E-state index is -0.292. The van der Waals surface area contributed by atoms with Gasteiger partial charge in [0.1, 0.15) is 11.6 Å². The van der Waals surface area contributed by atoms with Crippen molar-refractivity contribution in [2.45, 2.75) is 6.42 Å². The summed E-state index contributed by atoms with van der Waals surface area (Å²) in [5, 5.41) is 6.86. The maximum atomic E-state index is 13.0. The molecule has 1 amide bonds. The van der Waals surface area contributed by atoms with Crippen molar-refractivity contribution in [1.82, 2.24) is 10.2 Å². The molecule has 1 aromatic heterocycles. The molecule has 1 aromatic carbocycles. The van der Waals surface area contributed by atoms with E-state index in [0.717, 1.165) is 11.1 Å². The van der Waals surface area contributed by atoms with Gasteiger partial charge in [0.15, 0.2) is 0 Å². The summed E-state index contributed by atoms with van der Waals surface area (Å²) < 4.78 is 13.0. The van der Waals surface area contributed by atoms with Gasteiger partial charge in [-0.1, -0.05) is 12.1 Å². The number of anilines is 1. The van der Waals surface area contributed by atoms with E-state index < -0.39 is 0 Å². The second-order valence-electron chi connectivity index (χ2n) is 4.95. The highest BCUT2D eigenvalue weighted by molar-refractivity contribution is 5.98. The van der Waals surface area contributed by atoms with E-state index in [1.807, 2.05) is 0 Å². The lowest BCUT2D eigenvalue weighted by Crippen LogP contribution is -2.26. The summed E-state index contributed by atoms with van der Waals surface area (Å²) in [4.78, 5) is 13.7. The number of benzene rings is 1. The highest BCUT2D eigenvalue weighted by atomic mass is 19.1. The number of hydrogen-bond acceptors (Lipinski definition) is 3. The summed E-state index contributed by atoms with van der Waals surface area (Å²) >= 11 is 0. The van der Waals surface area contributed by atoms with Gasteiger partial charge in [0.2, 0.25) is 5.91 Å². The highest BCUT2D eigenvalue weighted by Crippen LogP contribution is 2.32. The van der Waals surface area contributed by atoms with Crippen molar-refractivity contribution in [3.05, 3.63) is 36.3 Å². The third kappa shape index (κ3) is 2.18. The molecule has 1 unspecified atom stereocenters. The number of rotatable bonds is 3. The first-order valence-corrected chi connectivity index (χ1v) is 6.48. The molecule has 1 fully saturated rings. The number of carbonyl (C=O) groups is 1. The number of carbonyl (C=O) groups excluding carboxylic acids is 1. The summed E-state index contributed by atoms with van der Waals surface area (Å²) in [6.45, 7) is 1.08. The smallest absolute Gasteiger partial charge is 0.228 e. The van der Waals surface area contributed by atoms with Crippen molar-refractivity contribution in [2.24, 2.45) is 11.7 Å². The topological polar surface area (TPSA) is 75.0 Å². The van der Waals surface area contributed by atoms with Gasteiger partial charge in [-0.25, -0.2) is 4.39 Å². The minimum Gasteiger partial charge on any atom is -0.330 e. The number of amides is 1. The molecule has 0 radical (unpaired) electrons. The molecular weight excluding hydrogens is 259 g/mol. The lowest BCUT2D eigenvalue weighted by molar-refractivity contribution is -0.117. The maximum Gasteiger partial charge on any atom is 0.228 e. The van der Waals surface area contributed by atoms with Crippen LogP contribution >= 0.6 is 0 Å². The van der Waals surface area contributed by atoms with Crippen LogP contribution in [0.25, 0.3) is 11.1 Å². The number of hydrogen-bond donors (Lipinski definition) is 2. The molecule has 104 valence electrons. The first kappa shape index (κ1) is 12.8. The minimum absolute atomic E-state index is 0.0352. The van der Waals surface area contributed by atoms with Gasteiger partial charge in [-0.05, 0) is 30.2 Å². The van der Waals surface area contributed by atoms with Crippen LogP contribution in [0.5, 0.6) is 0 Å². The lowest BCUT2D eigenvalue weighted by atomic mass is 10.1. The third-order valence-corrected chi connectivity index (χ3v) is 3.58. The van der Waals surface area contributed by atoms with Gasteiger partial charge in [-0.2, -0.15) is 5.10 Å². The molecule has 0 bridgehead atoms. The Kier molecular flexibility index (Phi) is 3.23. The fraction of sp³-hybridized carbons (Fsp3) is 0.286. The number of nitrogens with one attached hydrogen (secondary N) is 1. The zero-order chi connectivity index (χ0) is 14.1. The van der Waals surface area contributed by atoms with Crippen LogP contribution in [0.4, 0.5) is 10.2 Å². The fourth-order valence-electron chi connectivity index (χ4n) is 2.48. The zero-order valence-corrected chi connectivity index (χ0v) is 10.8. The maximum absolute atomic E-state index is 13.0. The van der Waals surface area contributed by atoms with Crippen LogP contribution in [0.2, 0.25) is 0 Å². The predicted molar refractivity (Wildman–Crippen MR) is 73.5 cm³/mol. The van der Waals surface area contributed by atoms with E-state index in [1.165, 1.54) is 12.1 Å². The molecule has 0 saturated carbocycles. The highest BCUT2D eigenvalue weighted by Gasteiger charge is 2.32. The van der Waals surface area contributed by atoms with Crippen molar-refractivity contribution in [3.8, 4) is 11.1 Å². The second-order valence-corrected chi connectivity index (χ2v) is 4.95. The van der Waals surface area contributed by atoms with Crippen LogP contribution in [0.15, 0.2) is 30.5 Å². The number of aromatic amines is 1. The molecule has 3 rings (SSSR count). The van der Waals surface area contributed by atoms with E-state index in [9.17, 15) is 9.18 Å². The average molecular weight is 274 g/mol. The van der Waals surface area contributed by atoms with Crippen LogP contribution in [0, 0.1) is 11.7 Å². The van der Waals surface area contributed by atoms with Gasteiger partial charge in [0.25, 0.3) is 0 Å². The Labute approximate surface area is 115 Å². The molecule has 1 saturated heterocycles. The van der Waals surface area contributed by atoms with E-state index in [1.54, 1.807) is 23.2 Å². The molecule has 2 heterocycles. The lowest BCUT2D eigenvalue weighted by Gasteiger charge is -2.16. The molecule has 0 aliphatic carbocycles. The van der Waals surface area contributed by atoms with Crippen molar-refractivity contribution < 1.29 is 9.18 Å².